The zero-order valence-electron chi connectivity index (χ0n) is 12.7. The van der Waals surface area contributed by atoms with E-state index in [-0.39, 0.29) is 17.1 Å². The van der Waals surface area contributed by atoms with Crippen molar-refractivity contribution >= 4 is 36.8 Å². The molecule has 0 aliphatic heterocycles. The quantitative estimate of drug-likeness (QED) is 0.834. The fourth-order valence-corrected chi connectivity index (χ4v) is 5.29. The van der Waals surface area contributed by atoms with Crippen molar-refractivity contribution in [3.05, 3.63) is 30.1 Å². The molecule has 120 valence electrons. The Kier molecular flexibility index (Phi) is 4.14. The molecular weight excluding hydrogens is 326 g/mol. The lowest BCUT2D eigenvalue weighted by atomic mass is 10.0. The topological polar surface area (TPSA) is 97.3 Å². The maximum absolute atomic E-state index is 12.1. The minimum Gasteiger partial charge on any atom is -0.253 e. The van der Waals surface area contributed by atoms with E-state index in [4.69, 9.17) is 0 Å². The normalized spacial score (nSPS) is 12.8. The largest absolute Gasteiger partial charge is 0.253 e. The molecule has 0 fully saturated rings. The maximum atomic E-state index is 12.1. The molecule has 0 bridgehead atoms. The second-order valence-electron chi connectivity index (χ2n) is 5.31. The summed E-state index contributed by atoms with van der Waals surface area (Å²) in [4.78, 5) is 8.25. The van der Waals surface area contributed by atoms with Crippen molar-refractivity contribution < 1.29 is 16.8 Å². The van der Waals surface area contributed by atoms with Gasteiger partial charge in [-0.1, -0.05) is 19.9 Å². The van der Waals surface area contributed by atoms with Crippen LogP contribution in [0.5, 0.6) is 0 Å². The molecule has 1 aromatic carbocycles. The Balaban J connectivity index is 3.01. The second kappa shape index (κ2) is 5.47. The number of nitrogens with zero attached hydrogens (tertiary/aromatic N) is 3. The Morgan fingerprint density at radius 2 is 1.50 bits per heavy atom. The van der Waals surface area contributed by atoms with Gasteiger partial charge in [0.15, 0.2) is 0 Å². The van der Waals surface area contributed by atoms with Crippen LogP contribution in [0.2, 0.25) is 0 Å². The summed E-state index contributed by atoms with van der Waals surface area (Å²) in [5.74, 6) is -0.0904. The predicted molar refractivity (Wildman–Crippen MR) is 85.8 cm³/mol. The van der Waals surface area contributed by atoms with Crippen LogP contribution in [-0.4, -0.2) is 39.3 Å². The standard InChI is InChI=1S/C13H17N3O4S2/c1-9(2)10-5-6-11-12(15-8-7-14-11)13(10)16(21(3,17)18)22(4,19)20/h5-9H,1-4H3. The smallest absolute Gasteiger partial charge is 0.245 e. The molecule has 0 spiro atoms. The number of rotatable bonds is 4. The number of benzene rings is 1. The van der Waals surface area contributed by atoms with E-state index in [0.717, 1.165) is 12.5 Å². The van der Waals surface area contributed by atoms with Gasteiger partial charge >= 0.3 is 0 Å². The van der Waals surface area contributed by atoms with Gasteiger partial charge in [0, 0.05) is 12.4 Å². The van der Waals surface area contributed by atoms with E-state index < -0.39 is 20.0 Å². The monoisotopic (exact) mass is 343 g/mol. The van der Waals surface area contributed by atoms with Crippen molar-refractivity contribution in [2.24, 2.45) is 0 Å². The number of aromatic nitrogens is 2. The van der Waals surface area contributed by atoms with Crippen molar-refractivity contribution in [3.8, 4) is 0 Å². The average molecular weight is 343 g/mol. The molecule has 0 unspecified atom stereocenters. The van der Waals surface area contributed by atoms with Gasteiger partial charge in [0.25, 0.3) is 0 Å². The number of anilines is 1. The molecule has 2 rings (SSSR count). The minimum absolute atomic E-state index is 0.0469. The molecule has 0 aliphatic rings. The van der Waals surface area contributed by atoms with Gasteiger partial charge in [-0.2, -0.15) is 3.71 Å². The van der Waals surface area contributed by atoms with Crippen LogP contribution in [0.1, 0.15) is 25.3 Å². The van der Waals surface area contributed by atoms with Gasteiger partial charge in [0.05, 0.1) is 18.0 Å². The fraction of sp³-hybridized carbons (Fsp3) is 0.385. The van der Waals surface area contributed by atoms with Gasteiger partial charge < -0.3 is 0 Å². The molecule has 0 amide bonds. The predicted octanol–water partition coefficient (Wildman–Crippen LogP) is 1.48. The zero-order valence-corrected chi connectivity index (χ0v) is 14.3. The maximum Gasteiger partial charge on any atom is 0.245 e. The molecule has 1 aromatic heterocycles. The summed E-state index contributed by atoms with van der Waals surface area (Å²) < 4.78 is 48.8. The third-order valence-corrected chi connectivity index (χ3v) is 6.25. The molecule has 0 aliphatic carbocycles. The highest BCUT2D eigenvalue weighted by atomic mass is 32.3. The van der Waals surface area contributed by atoms with Gasteiger partial charge in [-0.3, -0.25) is 9.97 Å². The van der Waals surface area contributed by atoms with Gasteiger partial charge in [0.2, 0.25) is 20.0 Å². The van der Waals surface area contributed by atoms with E-state index >= 15 is 0 Å². The van der Waals surface area contributed by atoms with Crippen molar-refractivity contribution in [3.63, 3.8) is 0 Å². The van der Waals surface area contributed by atoms with E-state index in [1.54, 1.807) is 12.1 Å². The van der Waals surface area contributed by atoms with Crippen LogP contribution in [0.4, 0.5) is 5.69 Å². The molecule has 22 heavy (non-hydrogen) atoms. The van der Waals surface area contributed by atoms with Crippen molar-refractivity contribution in [1.29, 1.82) is 0 Å². The Bertz CT molecular complexity index is 889. The molecule has 2 aromatic rings. The summed E-state index contributed by atoms with van der Waals surface area (Å²) in [5, 5.41) is 0. The van der Waals surface area contributed by atoms with Crippen LogP contribution in [0.3, 0.4) is 0 Å². The Labute approximate surface area is 130 Å². The van der Waals surface area contributed by atoms with E-state index in [1.807, 2.05) is 13.8 Å². The molecule has 9 heteroatoms. The lowest BCUT2D eigenvalue weighted by molar-refractivity contribution is 0.590. The number of sulfonamides is 2. The Morgan fingerprint density at radius 1 is 0.955 bits per heavy atom. The van der Waals surface area contributed by atoms with Gasteiger partial charge in [-0.25, -0.2) is 16.8 Å². The molecule has 0 atom stereocenters. The van der Waals surface area contributed by atoms with E-state index in [9.17, 15) is 16.8 Å². The number of hydrogen-bond acceptors (Lipinski definition) is 6. The second-order valence-corrected chi connectivity index (χ2v) is 9.20. The summed E-state index contributed by atoms with van der Waals surface area (Å²) in [6.07, 6.45) is 4.58. The number of fused-ring (bicyclic) bond motifs is 1. The highest BCUT2D eigenvalue weighted by Gasteiger charge is 2.32. The van der Waals surface area contributed by atoms with Crippen molar-refractivity contribution in [1.82, 2.24) is 9.97 Å². The van der Waals surface area contributed by atoms with Crippen LogP contribution in [0.15, 0.2) is 24.5 Å². The van der Waals surface area contributed by atoms with Crippen molar-refractivity contribution in [2.45, 2.75) is 19.8 Å². The summed E-state index contributed by atoms with van der Waals surface area (Å²) in [5.41, 5.74) is 1.29. The van der Waals surface area contributed by atoms with E-state index in [2.05, 4.69) is 9.97 Å². The van der Waals surface area contributed by atoms with Gasteiger partial charge in [-0.05, 0) is 17.5 Å². The van der Waals surface area contributed by atoms with Gasteiger partial charge in [-0.15, -0.1) is 0 Å². The highest BCUT2D eigenvalue weighted by Crippen LogP contribution is 2.36. The molecular formula is C13H17N3O4S2. The van der Waals surface area contributed by atoms with Crippen LogP contribution < -0.4 is 3.71 Å². The first kappa shape index (κ1) is 16.6. The van der Waals surface area contributed by atoms with Crippen LogP contribution >= 0.6 is 0 Å². The third-order valence-electron chi connectivity index (χ3n) is 3.05. The summed E-state index contributed by atoms with van der Waals surface area (Å²) in [6.45, 7) is 3.70. The molecule has 0 radical (unpaired) electrons. The number of hydrogen-bond donors (Lipinski definition) is 0. The average Bonchev–Trinajstić information content (AvgIpc) is 2.35. The summed E-state index contributed by atoms with van der Waals surface area (Å²) in [6, 6.07) is 3.38. The molecule has 0 saturated carbocycles. The summed E-state index contributed by atoms with van der Waals surface area (Å²) >= 11 is 0. The zero-order chi connectivity index (χ0) is 16.7. The lowest BCUT2D eigenvalue weighted by Gasteiger charge is -2.24. The third kappa shape index (κ3) is 3.05. The van der Waals surface area contributed by atoms with Gasteiger partial charge in [0.1, 0.15) is 11.2 Å². The van der Waals surface area contributed by atoms with Crippen molar-refractivity contribution in [2.75, 3.05) is 16.2 Å². The van der Waals surface area contributed by atoms with Crippen LogP contribution in [-0.2, 0) is 20.0 Å². The van der Waals surface area contributed by atoms with Crippen LogP contribution in [0.25, 0.3) is 11.0 Å². The molecule has 0 saturated heterocycles. The van der Waals surface area contributed by atoms with E-state index in [1.165, 1.54) is 12.4 Å². The lowest BCUT2D eigenvalue weighted by Crippen LogP contribution is -2.36. The minimum atomic E-state index is -4.05. The molecule has 7 nitrogen and oxygen atoms in total. The van der Waals surface area contributed by atoms with Crippen LogP contribution in [0, 0.1) is 0 Å². The molecule has 0 N–H and O–H groups in total. The Hall–Kier alpha value is -1.74. The molecule has 1 heterocycles. The first-order valence-electron chi connectivity index (χ1n) is 6.47. The fourth-order valence-electron chi connectivity index (χ4n) is 2.27. The first-order valence-corrected chi connectivity index (χ1v) is 10.2. The summed E-state index contributed by atoms with van der Waals surface area (Å²) in [7, 11) is -8.09. The Morgan fingerprint density at radius 3 is 2.00 bits per heavy atom. The SMILES string of the molecule is CC(C)c1ccc2nccnc2c1N(S(C)(=O)=O)S(C)(=O)=O. The first-order chi connectivity index (χ1) is 10.0. The highest BCUT2D eigenvalue weighted by molar-refractivity contribution is 8.09. The van der Waals surface area contributed by atoms with E-state index in [0.29, 0.717) is 14.8 Å².